The largest absolute Gasteiger partial charge is 0.393 e. The smallest absolute Gasteiger partial charge is 0.0742 e. The second kappa shape index (κ2) is 6.12. The number of piperazine rings is 1. The first-order chi connectivity index (χ1) is 8.16. The molecule has 0 spiro atoms. The first-order valence-electron chi connectivity index (χ1n) is 6.93. The van der Waals surface area contributed by atoms with Crippen molar-refractivity contribution in [3.63, 3.8) is 0 Å². The van der Waals surface area contributed by atoms with Gasteiger partial charge in [0.15, 0.2) is 0 Å². The van der Waals surface area contributed by atoms with E-state index in [0.29, 0.717) is 11.0 Å². The molecule has 1 saturated heterocycles. The number of hydrogen-bond donors (Lipinski definition) is 1. The summed E-state index contributed by atoms with van der Waals surface area (Å²) in [6.07, 6.45) is 6.56. The average Bonchev–Trinajstić information content (AvgIpc) is 2.82. The van der Waals surface area contributed by atoms with Crippen molar-refractivity contribution >= 4 is 17.2 Å². The fourth-order valence-corrected chi connectivity index (χ4v) is 3.47. The predicted molar refractivity (Wildman–Crippen MR) is 76.3 cm³/mol. The maximum atomic E-state index is 5.62. The Labute approximate surface area is 110 Å². The summed E-state index contributed by atoms with van der Waals surface area (Å²) in [6, 6.07) is 1.39. The summed E-state index contributed by atoms with van der Waals surface area (Å²) in [7, 11) is 0. The molecule has 98 valence electrons. The van der Waals surface area contributed by atoms with Crippen LogP contribution in [0.1, 0.15) is 39.0 Å². The normalized spacial score (nSPS) is 26.2. The monoisotopic (exact) mass is 255 g/mol. The van der Waals surface area contributed by atoms with Gasteiger partial charge in [-0.25, -0.2) is 0 Å². The first-order valence-corrected chi connectivity index (χ1v) is 7.34. The highest BCUT2D eigenvalue weighted by Gasteiger charge is 2.27. The SMILES string of the molecule is CC(CC(N)=S)N1CCN(C2CCCC2)CC1. The van der Waals surface area contributed by atoms with E-state index in [2.05, 4.69) is 16.7 Å². The number of rotatable bonds is 4. The van der Waals surface area contributed by atoms with Crippen molar-refractivity contribution in [2.45, 2.75) is 51.1 Å². The van der Waals surface area contributed by atoms with Crippen molar-refractivity contribution < 1.29 is 0 Å². The zero-order valence-electron chi connectivity index (χ0n) is 10.9. The molecule has 0 aromatic carbocycles. The zero-order valence-corrected chi connectivity index (χ0v) is 11.7. The molecule has 1 unspecified atom stereocenters. The van der Waals surface area contributed by atoms with Crippen LogP contribution in [0.25, 0.3) is 0 Å². The first kappa shape index (κ1) is 13.2. The van der Waals surface area contributed by atoms with E-state index in [0.717, 1.165) is 12.5 Å². The summed E-state index contributed by atoms with van der Waals surface area (Å²) in [5.74, 6) is 0. The molecule has 17 heavy (non-hydrogen) atoms. The van der Waals surface area contributed by atoms with Gasteiger partial charge in [0, 0.05) is 44.7 Å². The Morgan fingerprint density at radius 2 is 1.82 bits per heavy atom. The van der Waals surface area contributed by atoms with Crippen LogP contribution in [0.3, 0.4) is 0 Å². The molecule has 0 bridgehead atoms. The zero-order chi connectivity index (χ0) is 12.3. The van der Waals surface area contributed by atoms with Crippen molar-refractivity contribution in [1.82, 2.24) is 9.80 Å². The maximum absolute atomic E-state index is 5.62. The van der Waals surface area contributed by atoms with E-state index < -0.39 is 0 Å². The summed E-state index contributed by atoms with van der Waals surface area (Å²) >= 11 is 4.99. The number of nitrogens with zero attached hydrogens (tertiary/aromatic N) is 2. The Balaban J connectivity index is 1.75. The van der Waals surface area contributed by atoms with Gasteiger partial charge >= 0.3 is 0 Å². The lowest BCUT2D eigenvalue weighted by Crippen LogP contribution is -2.52. The third-order valence-corrected chi connectivity index (χ3v) is 4.48. The van der Waals surface area contributed by atoms with E-state index in [4.69, 9.17) is 18.0 Å². The molecule has 2 aliphatic rings. The topological polar surface area (TPSA) is 32.5 Å². The fraction of sp³-hybridized carbons (Fsp3) is 0.923. The molecule has 0 aromatic heterocycles. The highest BCUT2D eigenvalue weighted by atomic mass is 32.1. The van der Waals surface area contributed by atoms with Crippen LogP contribution in [0.15, 0.2) is 0 Å². The lowest BCUT2D eigenvalue weighted by Gasteiger charge is -2.40. The number of hydrogen-bond acceptors (Lipinski definition) is 3. The summed E-state index contributed by atoms with van der Waals surface area (Å²) in [4.78, 5) is 5.87. The molecule has 4 heteroatoms. The summed E-state index contributed by atoms with van der Waals surface area (Å²) in [6.45, 7) is 7.06. The molecular formula is C13H25N3S. The molecule has 0 aromatic rings. The Hall–Kier alpha value is -0.190. The van der Waals surface area contributed by atoms with Gasteiger partial charge in [-0.15, -0.1) is 0 Å². The van der Waals surface area contributed by atoms with Gasteiger partial charge in [0.25, 0.3) is 0 Å². The van der Waals surface area contributed by atoms with Crippen molar-refractivity contribution in [2.24, 2.45) is 5.73 Å². The van der Waals surface area contributed by atoms with Gasteiger partial charge < -0.3 is 5.73 Å². The second-order valence-corrected chi connectivity index (χ2v) is 6.05. The Bertz CT molecular complexity index is 255. The van der Waals surface area contributed by atoms with Crippen LogP contribution in [0.5, 0.6) is 0 Å². The van der Waals surface area contributed by atoms with E-state index in [-0.39, 0.29) is 0 Å². The number of nitrogens with two attached hydrogens (primary N) is 1. The minimum Gasteiger partial charge on any atom is -0.393 e. The molecule has 1 saturated carbocycles. The van der Waals surface area contributed by atoms with Crippen molar-refractivity contribution in [2.75, 3.05) is 26.2 Å². The summed E-state index contributed by atoms with van der Waals surface area (Å²) < 4.78 is 0. The van der Waals surface area contributed by atoms with Crippen molar-refractivity contribution in [1.29, 1.82) is 0 Å². The molecule has 2 rings (SSSR count). The third kappa shape index (κ3) is 3.63. The van der Waals surface area contributed by atoms with Crippen molar-refractivity contribution in [3.05, 3.63) is 0 Å². The van der Waals surface area contributed by atoms with E-state index >= 15 is 0 Å². The van der Waals surface area contributed by atoms with Gasteiger partial charge in [-0.1, -0.05) is 25.1 Å². The quantitative estimate of drug-likeness (QED) is 0.774. The molecule has 2 N–H and O–H groups in total. The lowest BCUT2D eigenvalue weighted by molar-refractivity contribution is 0.0771. The van der Waals surface area contributed by atoms with Crippen LogP contribution in [0.2, 0.25) is 0 Å². The summed E-state index contributed by atoms with van der Waals surface area (Å²) in [5, 5.41) is 0. The summed E-state index contributed by atoms with van der Waals surface area (Å²) in [5.41, 5.74) is 5.62. The standard InChI is InChI=1S/C13H25N3S/c1-11(10-13(14)17)15-6-8-16(9-7-15)12-4-2-3-5-12/h11-12H,2-10H2,1H3,(H2,14,17). The van der Waals surface area contributed by atoms with Crippen LogP contribution in [0.4, 0.5) is 0 Å². The van der Waals surface area contributed by atoms with E-state index in [1.54, 1.807) is 0 Å². The van der Waals surface area contributed by atoms with Crippen LogP contribution in [0, 0.1) is 0 Å². The third-order valence-electron chi connectivity index (χ3n) is 4.31. The molecule has 3 nitrogen and oxygen atoms in total. The van der Waals surface area contributed by atoms with Gasteiger partial charge in [0.05, 0.1) is 4.99 Å². The van der Waals surface area contributed by atoms with E-state index in [9.17, 15) is 0 Å². The highest BCUT2D eigenvalue weighted by Crippen LogP contribution is 2.24. The average molecular weight is 255 g/mol. The van der Waals surface area contributed by atoms with Gasteiger partial charge in [-0.05, 0) is 19.8 Å². The van der Waals surface area contributed by atoms with Crippen LogP contribution < -0.4 is 5.73 Å². The van der Waals surface area contributed by atoms with E-state index in [1.807, 2.05) is 0 Å². The predicted octanol–water partition coefficient (Wildman–Crippen LogP) is 1.61. The van der Waals surface area contributed by atoms with E-state index in [1.165, 1.54) is 51.9 Å². The second-order valence-electron chi connectivity index (χ2n) is 5.53. The minimum absolute atomic E-state index is 0.512. The fourth-order valence-electron chi connectivity index (χ4n) is 3.23. The Morgan fingerprint density at radius 1 is 1.24 bits per heavy atom. The van der Waals surface area contributed by atoms with Gasteiger partial charge in [-0.3, -0.25) is 9.80 Å². The molecule has 1 aliphatic heterocycles. The van der Waals surface area contributed by atoms with Gasteiger partial charge in [0.1, 0.15) is 0 Å². The van der Waals surface area contributed by atoms with Crippen LogP contribution in [-0.4, -0.2) is 53.1 Å². The molecular weight excluding hydrogens is 230 g/mol. The maximum Gasteiger partial charge on any atom is 0.0742 e. The molecule has 1 aliphatic carbocycles. The highest BCUT2D eigenvalue weighted by molar-refractivity contribution is 7.80. The lowest BCUT2D eigenvalue weighted by atomic mass is 10.1. The minimum atomic E-state index is 0.512. The van der Waals surface area contributed by atoms with Gasteiger partial charge in [-0.2, -0.15) is 0 Å². The molecule has 0 radical (unpaired) electrons. The Morgan fingerprint density at radius 3 is 2.35 bits per heavy atom. The van der Waals surface area contributed by atoms with Gasteiger partial charge in [0.2, 0.25) is 0 Å². The van der Waals surface area contributed by atoms with Crippen molar-refractivity contribution in [3.8, 4) is 0 Å². The molecule has 1 atom stereocenters. The Kier molecular flexibility index (Phi) is 4.77. The number of thiocarbonyl (C=S) groups is 1. The van der Waals surface area contributed by atoms with Crippen LogP contribution in [-0.2, 0) is 0 Å². The molecule has 1 heterocycles. The molecule has 0 amide bonds. The molecule has 2 fully saturated rings. The van der Waals surface area contributed by atoms with Crippen LogP contribution >= 0.6 is 12.2 Å².